The van der Waals surface area contributed by atoms with Crippen LogP contribution in [0.4, 0.5) is 105 Å². The van der Waals surface area contributed by atoms with Crippen LogP contribution in [0.25, 0.3) is 0 Å². The van der Waals surface area contributed by atoms with Gasteiger partial charge in [0.1, 0.15) is 0 Å². The summed E-state index contributed by atoms with van der Waals surface area (Å²) in [5.41, 5.74) is -34.3. The van der Waals surface area contributed by atoms with E-state index in [2.05, 4.69) is 18.1 Å². The molecule has 0 aromatic rings. The molecule has 0 bridgehead atoms. The Hall–Kier alpha value is -1.06. The Morgan fingerprint density at radius 3 is 0.452 bits per heavy atom. The van der Waals surface area contributed by atoms with Gasteiger partial charge in [0.05, 0.1) is 0 Å². The first kappa shape index (κ1) is 37.1. The topological polar surface area (TPSA) is 36.9 Å². The minimum atomic E-state index is -10.5. The summed E-state index contributed by atoms with van der Waals surface area (Å²) in [4.78, 5) is 0. The summed E-state index contributed by atoms with van der Waals surface area (Å²) < 4.78 is 337. The van der Waals surface area contributed by atoms with Crippen LogP contribution in [0.2, 0.25) is 0 Å². The van der Waals surface area contributed by atoms with E-state index >= 15 is 0 Å². The molecule has 252 valence electrons. The average Bonchev–Trinajstić information content (AvgIpc) is 3.06. The van der Waals surface area contributed by atoms with Gasteiger partial charge < -0.3 is 0 Å². The SMILES string of the molecule is FC(F)(F)C1(C(F)(F)F)OP2(S)(OC1(C(F)(F)F)C(F)(F)F)OC(C(F)(F)F)(C(F)(F)F)C(C(F)(F)F)(C(F)(F)F)O2. The van der Waals surface area contributed by atoms with Crippen LogP contribution in [0.1, 0.15) is 0 Å². The maximum absolute atomic E-state index is 13.7. The Balaban J connectivity index is 3.45. The fourth-order valence-electron chi connectivity index (χ4n) is 3.94. The molecule has 0 atom stereocenters. The summed E-state index contributed by atoms with van der Waals surface area (Å²) in [5.74, 6) is 0. The van der Waals surface area contributed by atoms with E-state index in [0.29, 0.717) is 0 Å². The average molecular weight is 728 g/mol. The molecule has 2 fully saturated rings. The molecule has 0 amide bonds. The predicted octanol–water partition coefficient (Wildman–Crippen LogP) is 8.59. The van der Waals surface area contributed by atoms with Gasteiger partial charge in [0, 0.05) is 0 Å². The van der Waals surface area contributed by atoms with Gasteiger partial charge in [-0.2, -0.15) is 0 Å². The zero-order valence-electron chi connectivity index (χ0n) is 17.6. The molecule has 0 radical (unpaired) electrons. The van der Waals surface area contributed by atoms with Crippen LogP contribution in [0.3, 0.4) is 0 Å². The molecule has 2 aliphatic rings. The summed E-state index contributed by atoms with van der Waals surface area (Å²) in [6.07, 6.45) is -68.6. The van der Waals surface area contributed by atoms with E-state index in [-0.39, 0.29) is 0 Å². The van der Waals surface area contributed by atoms with Gasteiger partial charge in [0.2, 0.25) is 0 Å². The summed E-state index contributed by atoms with van der Waals surface area (Å²) in [7, 11) is 0. The van der Waals surface area contributed by atoms with E-state index in [0.717, 1.165) is 0 Å². The summed E-state index contributed by atoms with van der Waals surface area (Å²) >= 11 is 1.68. The molecule has 2 aliphatic heterocycles. The molecule has 0 unspecified atom stereocenters. The maximum atomic E-state index is 13.7. The van der Waals surface area contributed by atoms with Crippen LogP contribution >= 0.6 is 19.0 Å². The molecule has 42 heavy (non-hydrogen) atoms. The van der Waals surface area contributed by atoms with Gasteiger partial charge in [-0.25, -0.2) is 0 Å². The molecule has 1 spiro atoms. The fraction of sp³-hybridized carbons (Fsp3) is 1.00. The molecule has 2 saturated heterocycles. The quantitative estimate of drug-likeness (QED) is 0.154. The van der Waals surface area contributed by atoms with Crippen molar-refractivity contribution in [2.24, 2.45) is 0 Å². The van der Waals surface area contributed by atoms with Crippen LogP contribution in [-0.4, -0.2) is 71.8 Å². The first-order valence-electron chi connectivity index (χ1n) is 8.78. The zero-order chi connectivity index (χ0) is 34.3. The Kier molecular flexibility index (Phi) is 7.42. The van der Waals surface area contributed by atoms with Crippen molar-refractivity contribution < 1.29 is 123 Å². The monoisotopic (exact) mass is 728 g/mol. The van der Waals surface area contributed by atoms with E-state index in [1.54, 1.807) is 12.2 Å². The number of halogens is 24. The van der Waals surface area contributed by atoms with Gasteiger partial charge >= 0.3 is 214 Å². The van der Waals surface area contributed by atoms with Crippen LogP contribution in [0.5, 0.6) is 0 Å². The van der Waals surface area contributed by atoms with Crippen molar-refractivity contribution >= 4 is 19.0 Å². The van der Waals surface area contributed by atoms with Crippen LogP contribution in [0, 0.1) is 0 Å². The van der Waals surface area contributed by atoms with Gasteiger partial charge in [0.15, 0.2) is 0 Å². The normalized spacial score (nSPS) is 27.1. The predicted molar refractivity (Wildman–Crippen MR) is 79.6 cm³/mol. The van der Waals surface area contributed by atoms with Gasteiger partial charge in [-0.05, 0) is 0 Å². The van der Waals surface area contributed by atoms with Crippen LogP contribution in [0.15, 0.2) is 0 Å². The molecule has 0 aliphatic carbocycles. The Morgan fingerprint density at radius 1 is 0.286 bits per heavy atom. The zero-order valence-corrected chi connectivity index (χ0v) is 19.4. The van der Waals surface area contributed by atoms with Crippen LogP contribution < -0.4 is 0 Å². The van der Waals surface area contributed by atoms with Gasteiger partial charge in [-0.15, -0.1) is 0 Å². The molecule has 0 aromatic carbocycles. The molecular formula is C12HF24O4PS. The van der Waals surface area contributed by atoms with E-state index in [4.69, 9.17) is 0 Å². The first-order chi connectivity index (χ1) is 17.6. The fourth-order valence-corrected chi connectivity index (χ4v) is 8.81. The molecular weight excluding hydrogens is 727 g/mol. The van der Waals surface area contributed by atoms with E-state index < -0.39 is 78.5 Å². The van der Waals surface area contributed by atoms with Crippen molar-refractivity contribution in [3.8, 4) is 0 Å². The molecule has 0 aromatic heterocycles. The summed E-state index contributed by atoms with van der Waals surface area (Å²) in [6.45, 7) is -10.5. The Bertz CT molecular complexity index is 855. The second-order valence-corrected chi connectivity index (χ2v) is 12.1. The second-order valence-electron chi connectivity index (χ2n) is 7.85. The molecule has 2 rings (SSSR count). The van der Waals surface area contributed by atoms with E-state index in [1.807, 2.05) is 0 Å². The third-order valence-electron chi connectivity index (χ3n) is 5.34. The number of hydrogen-bond donors (Lipinski definition) is 1. The van der Waals surface area contributed by atoms with Crippen molar-refractivity contribution in [2.45, 2.75) is 71.8 Å². The van der Waals surface area contributed by atoms with Crippen molar-refractivity contribution in [3.63, 3.8) is 0 Å². The van der Waals surface area contributed by atoms with Crippen molar-refractivity contribution in [2.75, 3.05) is 0 Å². The molecule has 0 N–H and O–H groups in total. The third-order valence-corrected chi connectivity index (χ3v) is 8.64. The number of alkyl halides is 24. The second kappa shape index (κ2) is 8.39. The van der Waals surface area contributed by atoms with Crippen molar-refractivity contribution in [1.29, 1.82) is 0 Å². The van der Waals surface area contributed by atoms with Crippen molar-refractivity contribution in [3.05, 3.63) is 0 Å². The molecule has 4 nitrogen and oxygen atoms in total. The summed E-state index contributed by atoms with van der Waals surface area (Å²) in [5, 5.41) is 0. The Labute approximate surface area is 215 Å². The van der Waals surface area contributed by atoms with Crippen molar-refractivity contribution in [1.82, 2.24) is 0 Å². The van der Waals surface area contributed by atoms with E-state index in [1.165, 1.54) is 0 Å². The van der Waals surface area contributed by atoms with Gasteiger partial charge in [0.25, 0.3) is 0 Å². The number of rotatable bonds is 0. The van der Waals surface area contributed by atoms with E-state index in [9.17, 15) is 105 Å². The molecule has 2 heterocycles. The first-order valence-corrected chi connectivity index (χ1v) is 11.8. The molecule has 30 heteroatoms. The Morgan fingerprint density at radius 2 is 0.381 bits per heavy atom. The standard InChI is InChI=1S/C12HF24O4PS/c13-5(14,15)1(6(16,17)18)2(7(19,20)21,8(22,23)24)38-41(42,37-1)39-3(9(25,26)27,10(28,29)30)4(40-41,11(31,32)33)12(34,35)36/h42H. The minimum absolute atomic E-state index is 1.68. The van der Waals surface area contributed by atoms with Gasteiger partial charge in [-0.3, -0.25) is 0 Å². The number of thiol groups is 1. The number of hydrogen-bond acceptors (Lipinski definition) is 5. The molecule has 0 saturated carbocycles. The van der Waals surface area contributed by atoms with Gasteiger partial charge in [-0.1, -0.05) is 0 Å². The summed E-state index contributed by atoms with van der Waals surface area (Å²) in [6, 6.07) is 0. The van der Waals surface area contributed by atoms with Crippen LogP contribution in [-0.2, 0) is 18.1 Å². The third kappa shape index (κ3) is 4.10.